The fourth-order valence-electron chi connectivity index (χ4n) is 2.38. The van der Waals surface area contributed by atoms with Gasteiger partial charge in [0.15, 0.2) is 0 Å². The number of nitrogens with one attached hydrogen (secondary N) is 1. The average molecular weight is 247 g/mol. The highest BCUT2D eigenvalue weighted by atomic mass is 16.3. The molecule has 4 nitrogen and oxygen atoms in total. The lowest BCUT2D eigenvalue weighted by Gasteiger charge is -2.31. The van der Waals surface area contributed by atoms with Crippen LogP contribution in [0.4, 0.5) is 0 Å². The van der Waals surface area contributed by atoms with Gasteiger partial charge in [0.1, 0.15) is 5.84 Å². The molecule has 1 aromatic rings. The number of rotatable bonds is 4. The van der Waals surface area contributed by atoms with Crippen LogP contribution in [0.3, 0.4) is 0 Å². The summed E-state index contributed by atoms with van der Waals surface area (Å²) < 4.78 is 0. The number of hydrogen-bond donors (Lipinski definition) is 3. The normalized spacial score (nSPS) is 17.8. The van der Waals surface area contributed by atoms with Crippen molar-refractivity contribution in [2.24, 2.45) is 11.7 Å². The zero-order chi connectivity index (χ0) is 13.0. The predicted molar refractivity (Wildman–Crippen MR) is 72.5 cm³/mol. The van der Waals surface area contributed by atoms with Crippen molar-refractivity contribution in [2.75, 3.05) is 19.7 Å². The summed E-state index contributed by atoms with van der Waals surface area (Å²) in [5.41, 5.74) is 7.46. The van der Waals surface area contributed by atoms with Crippen LogP contribution in [0.5, 0.6) is 0 Å². The Balaban J connectivity index is 1.88. The Morgan fingerprint density at radius 1 is 1.28 bits per heavy atom. The zero-order valence-electron chi connectivity index (χ0n) is 10.6. The Bertz CT molecular complexity index is 394. The molecule has 0 unspecified atom stereocenters. The molecule has 1 saturated heterocycles. The van der Waals surface area contributed by atoms with Gasteiger partial charge in [-0.2, -0.15) is 0 Å². The molecule has 0 aromatic heterocycles. The van der Waals surface area contributed by atoms with Gasteiger partial charge >= 0.3 is 0 Å². The molecule has 0 amide bonds. The summed E-state index contributed by atoms with van der Waals surface area (Å²) in [6.07, 6.45) is 2.17. The standard InChI is InChI=1S/C14H21N3O/c15-14(16)13-3-1-11(2-4-13)9-17-7-5-12(10-18)6-8-17/h1-4,12,18H,5-10H2,(H3,15,16). The second-order valence-corrected chi connectivity index (χ2v) is 5.01. The van der Waals surface area contributed by atoms with E-state index in [1.807, 2.05) is 24.3 Å². The third-order valence-electron chi connectivity index (χ3n) is 3.64. The van der Waals surface area contributed by atoms with E-state index in [9.17, 15) is 0 Å². The Hall–Kier alpha value is -1.39. The van der Waals surface area contributed by atoms with Crippen LogP contribution in [0.25, 0.3) is 0 Å². The smallest absolute Gasteiger partial charge is 0.122 e. The number of aliphatic hydroxyl groups excluding tert-OH is 1. The molecular weight excluding hydrogens is 226 g/mol. The number of benzene rings is 1. The summed E-state index contributed by atoms with van der Waals surface area (Å²) in [6.45, 7) is 3.37. The monoisotopic (exact) mass is 247 g/mol. The Morgan fingerprint density at radius 3 is 2.39 bits per heavy atom. The quantitative estimate of drug-likeness (QED) is 0.552. The fourth-order valence-corrected chi connectivity index (χ4v) is 2.38. The maximum absolute atomic E-state index is 9.10. The third-order valence-corrected chi connectivity index (χ3v) is 3.64. The second kappa shape index (κ2) is 5.98. The Morgan fingerprint density at radius 2 is 1.89 bits per heavy atom. The molecule has 1 fully saturated rings. The molecule has 1 aromatic carbocycles. The van der Waals surface area contributed by atoms with Crippen LogP contribution in [-0.2, 0) is 6.54 Å². The molecule has 0 bridgehead atoms. The second-order valence-electron chi connectivity index (χ2n) is 5.01. The lowest BCUT2D eigenvalue weighted by molar-refractivity contribution is 0.127. The number of hydrogen-bond acceptors (Lipinski definition) is 3. The van der Waals surface area contributed by atoms with Crippen molar-refractivity contribution in [3.05, 3.63) is 35.4 Å². The molecule has 0 spiro atoms. The first-order valence-electron chi connectivity index (χ1n) is 6.45. The molecule has 4 N–H and O–H groups in total. The number of nitrogens with two attached hydrogens (primary N) is 1. The summed E-state index contributed by atoms with van der Waals surface area (Å²) in [6, 6.07) is 7.88. The van der Waals surface area contributed by atoms with Crippen LogP contribution < -0.4 is 5.73 Å². The molecule has 98 valence electrons. The number of amidine groups is 1. The maximum Gasteiger partial charge on any atom is 0.122 e. The van der Waals surface area contributed by atoms with Crippen molar-refractivity contribution in [3.63, 3.8) is 0 Å². The van der Waals surface area contributed by atoms with E-state index in [4.69, 9.17) is 16.2 Å². The van der Waals surface area contributed by atoms with E-state index in [-0.39, 0.29) is 5.84 Å². The van der Waals surface area contributed by atoms with Gasteiger partial charge in [0.05, 0.1) is 0 Å². The van der Waals surface area contributed by atoms with Gasteiger partial charge < -0.3 is 10.8 Å². The number of piperidine rings is 1. The highest BCUT2D eigenvalue weighted by Crippen LogP contribution is 2.18. The zero-order valence-corrected chi connectivity index (χ0v) is 10.6. The van der Waals surface area contributed by atoms with E-state index >= 15 is 0 Å². The van der Waals surface area contributed by atoms with Gasteiger partial charge in [-0.05, 0) is 37.4 Å². The van der Waals surface area contributed by atoms with Gasteiger partial charge in [0.2, 0.25) is 0 Å². The van der Waals surface area contributed by atoms with Crippen molar-refractivity contribution >= 4 is 5.84 Å². The molecule has 0 aliphatic carbocycles. The summed E-state index contributed by atoms with van der Waals surface area (Å²) in [4.78, 5) is 2.41. The molecule has 0 atom stereocenters. The van der Waals surface area contributed by atoms with Crippen LogP contribution in [-0.4, -0.2) is 35.5 Å². The molecule has 2 rings (SSSR count). The fraction of sp³-hybridized carbons (Fsp3) is 0.500. The van der Waals surface area contributed by atoms with Crippen LogP contribution in [0.15, 0.2) is 24.3 Å². The van der Waals surface area contributed by atoms with Crippen LogP contribution >= 0.6 is 0 Å². The van der Waals surface area contributed by atoms with Gasteiger partial charge in [0.25, 0.3) is 0 Å². The molecule has 4 heteroatoms. The van der Waals surface area contributed by atoms with Crippen molar-refractivity contribution in [1.29, 1.82) is 5.41 Å². The summed E-state index contributed by atoms with van der Waals surface area (Å²) in [7, 11) is 0. The van der Waals surface area contributed by atoms with Gasteiger partial charge in [-0.3, -0.25) is 10.3 Å². The molecule has 0 saturated carbocycles. The van der Waals surface area contributed by atoms with Gasteiger partial charge in [-0.15, -0.1) is 0 Å². The molecule has 18 heavy (non-hydrogen) atoms. The van der Waals surface area contributed by atoms with Gasteiger partial charge in [0, 0.05) is 18.7 Å². The minimum Gasteiger partial charge on any atom is -0.396 e. The lowest BCUT2D eigenvalue weighted by atomic mass is 9.97. The Kier molecular flexibility index (Phi) is 4.33. The van der Waals surface area contributed by atoms with Crippen molar-refractivity contribution in [2.45, 2.75) is 19.4 Å². The van der Waals surface area contributed by atoms with Crippen molar-refractivity contribution in [1.82, 2.24) is 4.90 Å². The number of aliphatic hydroxyl groups is 1. The SMILES string of the molecule is N=C(N)c1ccc(CN2CCC(CO)CC2)cc1. The summed E-state index contributed by atoms with van der Waals surface area (Å²) in [5, 5.41) is 16.4. The van der Waals surface area contributed by atoms with E-state index in [2.05, 4.69) is 4.90 Å². The predicted octanol–water partition coefficient (Wildman–Crippen LogP) is 1.17. The van der Waals surface area contributed by atoms with E-state index in [0.29, 0.717) is 12.5 Å². The van der Waals surface area contributed by atoms with Gasteiger partial charge in [-0.25, -0.2) is 0 Å². The van der Waals surface area contributed by atoms with E-state index in [1.165, 1.54) is 5.56 Å². The highest BCUT2D eigenvalue weighted by molar-refractivity contribution is 5.94. The molecular formula is C14H21N3O. The first kappa shape index (κ1) is 13.1. The van der Waals surface area contributed by atoms with E-state index < -0.39 is 0 Å². The number of nitrogens with zero attached hydrogens (tertiary/aromatic N) is 1. The largest absolute Gasteiger partial charge is 0.396 e. The Labute approximate surface area is 108 Å². The van der Waals surface area contributed by atoms with Crippen LogP contribution in [0.1, 0.15) is 24.0 Å². The van der Waals surface area contributed by atoms with Crippen LogP contribution in [0, 0.1) is 11.3 Å². The van der Waals surface area contributed by atoms with Crippen molar-refractivity contribution < 1.29 is 5.11 Å². The summed E-state index contributed by atoms with van der Waals surface area (Å²) in [5.74, 6) is 0.603. The number of nitrogen functional groups attached to an aromatic ring is 1. The summed E-state index contributed by atoms with van der Waals surface area (Å²) >= 11 is 0. The molecule has 1 aliphatic rings. The average Bonchev–Trinajstić information content (AvgIpc) is 2.40. The topological polar surface area (TPSA) is 73.3 Å². The molecule has 1 aliphatic heterocycles. The van der Waals surface area contributed by atoms with E-state index in [0.717, 1.165) is 38.0 Å². The van der Waals surface area contributed by atoms with E-state index in [1.54, 1.807) is 0 Å². The van der Waals surface area contributed by atoms with Crippen LogP contribution in [0.2, 0.25) is 0 Å². The minimum absolute atomic E-state index is 0.116. The third kappa shape index (κ3) is 3.31. The molecule has 0 radical (unpaired) electrons. The maximum atomic E-state index is 9.10. The lowest BCUT2D eigenvalue weighted by Crippen LogP contribution is -2.34. The highest BCUT2D eigenvalue weighted by Gasteiger charge is 2.18. The minimum atomic E-state index is 0.116. The molecule has 1 heterocycles. The number of likely N-dealkylation sites (tertiary alicyclic amines) is 1. The first-order chi connectivity index (χ1) is 8.69. The van der Waals surface area contributed by atoms with Gasteiger partial charge in [-0.1, -0.05) is 24.3 Å². The van der Waals surface area contributed by atoms with Crippen molar-refractivity contribution in [3.8, 4) is 0 Å². The first-order valence-corrected chi connectivity index (χ1v) is 6.45.